The Bertz CT molecular complexity index is 444. The molecule has 0 fully saturated rings. The van der Waals surface area contributed by atoms with Crippen molar-refractivity contribution < 1.29 is 5.21 Å². The highest BCUT2D eigenvalue weighted by Gasteiger charge is 2.17. The number of nitrogens with two attached hydrogens (primary N) is 1. The van der Waals surface area contributed by atoms with Crippen LogP contribution in [0.15, 0.2) is 11.2 Å². The van der Waals surface area contributed by atoms with Gasteiger partial charge in [-0.25, -0.2) is 9.97 Å². The zero-order valence-electron chi connectivity index (χ0n) is 11.5. The first-order chi connectivity index (χ1) is 8.36. The molecule has 1 heterocycles. The number of nitrogens with zero attached hydrogens (tertiary/aromatic N) is 4. The molecule has 18 heavy (non-hydrogen) atoms. The summed E-state index contributed by atoms with van der Waals surface area (Å²) in [5.41, 5.74) is 6.77. The van der Waals surface area contributed by atoms with Crippen molar-refractivity contribution in [2.45, 2.75) is 33.7 Å². The number of rotatable bonds is 4. The van der Waals surface area contributed by atoms with Crippen LogP contribution in [-0.4, -0.2) is 34.1 Å². The second-order valence-electron chi connectivity index (χ2n) is 4.78. The van der Waals surface area contributed by atoms with E-state index in [1.54, 1.807) is 6.07 Å². The Morgan fingerprint density at radius 2 is 2.00 bits per heavy atom. The molecular weight excluding hydrogens is 230 g/mol. The van der Waals surface area contributed by atoms with E-state index in [0.29, 0.717) is 23.6 Å². The summed E-state index contributed by atoms with van der Waals surface area (Å²) in [5.74, 6) is 1.05. The van der Waals surface area contributed by atoms with Gasteiger partial charge in [-0.05, 0) is 25.8 Å². The minimum absolute atomic E-state index is 0.00708. The van der Waals surface area contributed by atoms with Crippen LogP contribution in [0.1, 0.15) is 32.2 Å². The Kier molecular flexibility index (Phi) is 4.47. The predicted molar refractivity (Wildman–Crippen MR) is 72.0 cm³/mol. The van der Waals surface area contributed by atoms with Crippen LogP contribution in [0.3, 0.4) is 0 Å². The number of aromatic nitrogens is 2. The lowest BCUT2D eigenvalue weighted by Crippen LogP contribution is -2.35. The lowest BCUT2D eigenvalue weighted by molar-refractivity contribution is 0.318. The van der Waals surface area contributed by atoms with Crippen LogP contribution in [0.4, 0.5) is 5.95 Å². The average Bonchev–Trinajstić information content (AvgIpc) is 2.34. The molecule has 6 heteroatoms. The van der Waals surface area contributed by atoms with Gasteiger partial charge in [0.2, 0.25) is 5.95 Å². The van der Waals surface area contributed by atoms with E-state index in [0.717, 1.165) is 5.69 Å². The molecule has 0 saturated heterocycles. The fraction of sp³-hybridized carbons (Fsp3) is 0.583. The van der Waals surface area contributed by atoms with Crippen LogP contribution in [0.2, 0.25) is 0 Å². The van der Waals surface area contributed by atoms with Crippen molar-refractivity contribution in [3.63, 3.8) is 0 Å². The highest BCUT2D eigenvalue weighted by Crippen LogP contribution is 2.16. The Morgan fingerprint density at radius 3 is 2.50 bits per heavy atom. The van der Waals surface area contributed by atoms with Gasteiger partial charge in [-0.2, -0.15) is 0 Å². The van der Waals surface area contributed by atoms with E-state index in [1.165, 1.54) is 0 Å². The number of amidine groups is 1. The summed E-state index contributed by atoms with van der Waals surface area (Å²) >= 11 is 0. The van der Waals surface area contributed by atoms with Crippen molar-refractivity contribution in [3.05, 3.63) is 17.5 Å². The molecule has 0 aromatic carbocycles. The summed E-state index contributed by atoms with van der Waals surface area (Å²) in [7, 11) is 1.94. The molecule has 1 rings (SSSR count). The Morgan fingerprint density at radius 1 is 1.39 bits per heavy atom. The third-order valence-corrected chi connectivity index (χ3v) is 3.10. The van der Waals surface area contributed by atoms with Crippen molar-refractivity contribution in [2.24, 2.45) is 16.8 Å². The van der Waals surface area contributed by atoms with Gasteiger partial charge in [-0.15, -0.1) is 0 Å². The Labute approximate surface area is 108 Å². The fourth-order valence-electron chi connectivity index (χ4n) is 1.52. The van der Waals surface area contributed by atoms with Gasteiger partial charge in [-0.3, -0.25) is 0 Å². The van der Waals surface area contributed by atoms with Gasteiger partial charge in [0, 0.05) is 18.8 Å². The molecule has 0 amide bonds. The molecule has 1 aromatic heterocycles. The van der Waals surface area contributed by atoms with E-state index >= 15 is 0 Å². The Balaban J connectivity index is 3.14. The normalized spacial score (nSPS) is 13.8. The molecule has 6 nitrogen and oxygen atoms in total. The molecule has 100 valence electrons. The minimum Gasteiger partial charge on any atom is -0.409 e. The molecule has 0 bridgehead atoms. The molecule has 0 spiro atoms. The second-order valence-corrected chi connectivity index (χ2v) is 4.78. The summed E-state index contributed by atoms with van der Waals surface area (Å²) in [6, 6.07) is 1.99. The van der Waals surface area contributed by atoms with E-state index < -0.39 is 0 Å². The first-order valence-corrected chi connectivity index (χ1v) is 5.93. The van der Waals surface area contributed by atoms with Crippen molar-refractivity contribution in [1.82, 2.24) is 9.97 Å². The average molecular weight is 251 g/mol. The largest absolute Gasteiger partial charge is 0.409 e. The lowest BCUT2D eigenvalue weighted by Gasteiger charge is -2.28. The van der Waals surface area contributed by atoms with Crippen molar-refractivity contribution >= 4 is 11.8 Å². The van der Waals surface area contributed by atoms with Gasteiger partial charge in [0.05, 0.1) is 0 Å². The highest BCUT2D eigenvalue weighted by atomic mass is 16.4. The van der Waals surface area contributed by atoms with Crippen molar-refractivity contribution in [2.75, 3.05) is 11.9 Å². The third-order valence-electron chi connectivity index (χ3n) is 3.10. The maximum absolute atomic E-state index is 8.69. The maximum Gasteiger partial charge on any atom is 0.226 e. The number of oxime groups is 1. The number of hydrogen-bond donors (Lipinski definition) is 2. The first kappa shape index (κ1) is 14.2. The molecule has 0 aliphatic carbocycles. The maximum atomic E-state index is 8.69. The highest BCUT2D eigenvalue weighted by molar-refractivity contribution is 5.95. The van der Waals surface area contributed by atoms with Gasteiger partial charge in [-0.1, -0.05) is 19.0 Å². The van der Waals surface area contributed by atoms with Gasteiger partial charge in [0.1, 0.15) is 5.69 Å². The van der Waals surface area contributed by atoms with Gasteiger partial charge >= 0.3 is 0 Å². The summed E-state index contributed by atoms with van der Waals surface area (Å²) in [5, 5.41) is 11.7. The Hall–Kier alpha value is -1.85. The zero-order valence-corrected chi connectivity index (χ0v) is 11.5. The number of hydrogen-bond acceptors (Lipinski definition) is 5. The van der Waals surface area contributed by atoms with E-state index in [4.69, 9.17) is 10.9 Å². The zero-order chi connectivity index (χ0) is 13.9. The second kappa shape index (κ2) is 5.66. The van der Waals surface area contributed by atoms with Crippen LogP contribution >= 0.6 is 0 Å². The molecule has 0 aliphatic rings. The van der Waals surface area contributed by atoms with Gasteiger partial charge < -0.3 is 15.8 Å². The number of aryl methyl sites for hydroxylation is 1. The van der Waals surface area contributed by atoms with Crippen LogP contribution in [0.5, 0.6) is 0 Å². The summed E-state index contributed by atoms with van der Waals surface area (Å²) < 4.78 is 0. The standard InChI is InChI=1S/C12H21N5O/c1-7(2)9(4)17(5)12-14-8(3)6-10(15-12)11(13)16-18/h6-7,9,18H,1-5H3,(H2,13,16). The minimum atomic E-state index is -0.00708. The van der Waals surface area contributed by atoms with Crippen molar-refractivity contribution in [1.29, 1.82) is 0 Å². The smallest absolute Gasteiger partial charge is 0.226 e. The fourth-order valence-corrected chi connectivity index (χ4v) is 1.52. The predicted octanol–water partition coefficient (Wildman–Crippen LogP) is 1.36. The molecule has 0 saturated carbocycles. The van der Waals surface area contributed by atoms with Crippen LogP contribution in [0, 0.1) is 12.8 Å². The van der Waals surface area contributed by atoms with E-state index in [2.05, 4.69) is 35.9 Å². The molecular formula is C12H21N5O. The van der Waals surface area contributed by atoms with Crippen molar-refractivity contribution in [3.8, 4) is 0 Å². The molecule has 1 atom stereocenters. The van der Waals surface area contributed by atoms with Crippen LogP contribution < -0.4 is 10.6 Å². The molecule has 3 N–H and O–H groups in total. The third kappa shape index (κ3) is 3.09. The summed E-state index contributed by atoms with van der Waals surface area (Å²) in [6.45, 7) is 8.25. The SMILES string of the molecule is Cc1cc(/C(N)=N/O)nc(N(C)C(C)C(C)C)n1. The van der Waals surface area contributed by atoms with Gasteiger partial charge in [0.15, 0.2) is 5.84 Å². The topological polar surface area (TPSA) is 87.6 Å². The summed E-state index contributed by atoms with van der Waals surface area (Å²) in [6.07, 6.45) is 0. The quantitative estimate of drug-likeness (QED) is 0.365. The molecule has 0 radical (unpaired) electrons. The van der Waals surface area contributed by atoms with E-state index in [1.807, 2.05) is 18.9 Å². The monoisotopic (exact) mass is 251 g/mol. The molecule has 0 aliphatic heterocycles. The van der Waals surface area contributed by atoms with Crippen LogP contribution in [0.25, 0.3) is 0 Å². The number of anilines is 1. The molecule has 1 aromatic rings. The summed E-state index contributed by atoms with van der Waals surface area (Å²) in [4.78, 5) is 10.7. The lowest BCUT2D eigenvalue weighted by atomic mass is 10.1. The molecule has 1 unspecified atom stereocenters. The van der Waals surface area contributed by atoms with Gasteiger partial charge in [0.25, 0.3) is 0 Å². The van der Waals surface area contributed by atoms with E-state index in [-0.39, 0.29) is 5.84 Å². The van der Waals surface area contributed by atoms with Crippen LogP contribution in [-0.2, 0) is 0 Å². The first-order valence-electron chi connectivity index (χ1n) is 5.93. The van der Waals surface area contributed by atoms with E-state index in [9.17, 15) is 0 Å².